The van der Waals surface area contributed by atoms with Gasteiger partial charge in [0.05, 0.1) is 43.0 Å². The van der Waals surface area contributed by atoms with E-state index < -0.39 is 0 Å². The van der Waals surface area contributed by atoms with Gasteiger partial charge < -0.3 is 19.4 Å². The van der Waals surface area contributed by atoms with Crippen molar-refractivity contribution < 1.29 is 9.47 Å². The number of nitrogens with one attached hydrogen (secondary N) is 1. The van der Waals surface area contributed by atoms with Gasteiger partial charge in [-0.2, -0.15) is 10.1 Å². The second kappa shape index (κ2) is 8.52. The second-order valence-electron chi connectivity index (χ2n) is 11.3. The smallest absolute Gasteiger partial charge is 0.210 e. The lowest BCUT2D eigenvalue weighted by Gasteiger charge is -2.22. The number of nitrogens with zero attached hydrogens (tertiary/aromatic N) is 8. The van der Waals surface area contributed by atoms with Gasteiger partial charge in [-0.15, -0.1) is 0 Å². The van der Waals surface area contributed by atoms with E-state index in [0.717, 1.165) is 41.5 Å². The fraction of sp³-hybridized carbons (Fsp3) is 0.444. The van der Waals surface area contributed by atoms with Crippen molar-refractivity contribution in [1.29, 1.82) is 0 Å². The van der Waals surface area contributed by atoms with E-state index in [0.29, 0.717) is 35.6 Å². The maximum Gasteiger partial charge on any atom is 0.210 e. The van der Waals surface area contributed by atoms with Gasteiger partial charge in [-0.3, -0.25) is 9.08 Å². The Morgan fingerprint density at radius 1 is 1.03 bits per heavy atom. The Morgan fingerprint density at radius 3 is 2.63 bits per heavy atom. The fourth-order valence-electron chi connectivity index (χ4n) is 5.06. The van der Waals surface area contributed by atoms with Gasteiger partial charge in [0.15, 0.2) is 22.9 Å². The number of imidazole rings is 2. The van der Waals surface area contributed by atoms with Crippen LogP contribution in [0.15, 0.2) is 36.9 Å². The van der Waals surface area contributed by atoms with Crippen molar-refractivity contribution >= 4 is 28.6 Å². The van der Waals surface area contributed by atoms with Crippen molar-refractivity contribution in [3.63, 3.8) is 0 Å². The zero-order valence-corrected chi connectivity index (χ0v) is 22.0. The van der Waals surface area contributed by atoms with E-state index in [1.807, 2.05) is 34.5 Å². The molecule has 0 aromatic carbocycles. The van der Waals surface area contributed by atoms with Gasteiger partial charge >= 0.3 is 0 Å². The maximum atomic E-state index is 6.15. The van der Waals surface area contributed by atoms with E-state index in [2.05, 4.69) is 51.8 Å². The van der Waals surface area contributed by atoms with Gasteiger partial charge in [0, 0.05) is 42.8 Å². The molecule has 7 rings (SSSR count). The van der Waals surface area contributed by atoms with Gasteiger partial charge in [-0.25, -0.2) is 15.0 Å². The van der Waals surface area contributed by atoms with Gasteiger partial charge in [0.1, 0.15) is 11.6 Å². The van der Waals surface area contributed by atoms with Crippen LogP contribution in [0.2, 0.25) is 0 Å². The molecule has 1 saturated heterocycles. The maximum absolute atomic E-state index is 6.15. The van der Waals surface area contributed by atoms with Crippen molar-refractivity contribution in [3.05, 3.63) is 48.4 Å². The fourth-order valence-corrected chi connectivity index (χ4v) is 5.06. The van der Waals surface area contributed by atoms with Crippen LogP contribution in [0.1, 0.15) is 63.5 Å². The summed E-state index contributed by atoms with van der Waals surface area (Å²) < 4.78 is 17.9. The van der Waals surface area contributed by atoms with Crippen molar-refractivity contribution in [1.82, 2.24) is 38.7 Å². The van der Waals surface area contributed by atoms with Gasteiger partial charge in [0.25, 0.3) is 0 Å². The average Bonchev–Trinajstić information content (AvgIpc) is 3.25. The SMILES string of the molecule is Cn1c(Nc2cc(C(C)(C)C)n(C3CCOC3)n2)nc2ncc(Oc3cnc4cnc(C5CC5)n4c3)cc21. The molecule has 1 saturated carbocycles. The number of aryl methyl sites for hydroxylation is 1. The first-order chi connectivity index (χ1) is 18.3. The van der Waals surface area contributed by atoms with E-state index in [-0.39, 0.29) is 11.5 Å². The van der Waals surface area contributed by atoms with Crippen LogP contribution in [0.5, 0.6) is 11.5 Å². The number of hydrogen-bond acceptors (Lipinski definition) is 8. The molecule has 0 radical (unpaired) electrons. The Bertz CT molecular complexity index is 1650. The minimum Gasteiger partial charge on any atom is -0.452 e. The molecule has 1 aliphatic heterocycles. The van der Waals surface area contributed by atoms with Crippen LogP contribution in [0.3, 0.4) is 0 Å². The molecule has 5 aromatic heterocycles. The van der Waals surface area contributed by atoms with Crippen LogP contribution in [0.25, 0.3) is 16.8 Å². The lowest BCUT2D eigenvalue weighted by atomic mass is 9.91. The van der Waals surface area contributed by atoms with Crippen LogP contribution in [-0.2, 0) is 17.2 Å². The Morgan fingerprint density at radius 2 is 1.87 bits per heavy atom. The van der Waals surface area contributed by atoms with Crippen LogP contribution in [0, 0.1) is 0 Å². The first kappa shape index (κ1) is 23.2. The van der Waals surface area contributed by atoms with Crippen LogP contribution < -0.4 is 10.1 Å². The summed E-state index contributed by atoms with van der Waals surface area (Å²) in [6.45, 7) is 8.06. The predicted molar refractivity (Wildman–Crippen MR) is 142 cm³/mol. The Kier molecular flexibility index (Phi) is 5.19. The highest BCUT2D eigenvalue weighted by Crippen LogP contribution is 2.39. The Balaban J connectivity index is 1.16. The minimum atomic E-state index is -0.0519. The molecule has 2 aliphatic rings. The van der Waals surface area contributed by atoms with Crippen LogP contribution in [0.4, 0.5) is 11.8 Å². The average molecular weight is 514 g/mol. The third kappa shape index (κ3) is 4.07. The zero-order chi connectivity index (χ0) is 26.0. The summed E-state index contributed by atoms with van der Waals surface area (Å²) in [5, 5.41) is 8.30. The largest absolute Gasteiger partial charge is 0.452 e. The molecular weight excluding hydrogens is 482 g/mol. The van der Waals surface area contributed by atoms with Crippen molar-refractivity contribution in [2.75, 3.05) is 18.5 Å². The topological polar surface area (TPSA) is 109 Å². The van der Waals surface area contributed by atoms with E-state index in [9.17, 15) is 0 Å². The highest BCUT2D eigenvalue weighted by Gasteiger charge is 2.29. The first-order valence-electron chi connectivity index (χ1n) is 13.1. The molecule has 0 amide bonds. The molecule has 11 nitrogen and oxygen atoms in total. The second-order valence-corrected chi connectivity index (χ2v) is 11.3. The molecule has 5 aromatic rings. The molecule has 196 valence electrons. The van der Waals surface area contributed by atoms with Gasteiger partial charge in [-0.05, 0) is 19.3 Å². The third-order valence-corrected chi connectivity index (χ3v) is 7.27. The summed E-state index contributed by atoms with van der Waals surface area (Å²) in [5.74, 6) is 4.23. The number of rotatable bonds is 6. The number of hydrogen-bond donors (Lipinski definition) is 1. The van der Waals surface area contributed by atoms with Crippen molar-refractivity contribution in [2.45, 2.75) is 57.4 Å². The minimum absolute atomic E-state index is 0.0519. The standard InChI is InChI=1S/C27H31N9O2/c1-27(2,3)21-10-22(33-36(21)17-7-8-37-15-17)31-26-32-24-20(34(26)4)9-18(11-29-24)38-19-12-28-23-13-30-25(16-5-6-16)35(23)14-19/h9-14,16-17H,5-8,15H2,1-4H3,(H,29,31,32,33). The molecular formula is C27H31N9O2. The Labute approximate surface area is 219 Å². The number of pyridine rings is 1. The summed E-state index contributed by atoms with van der Waals surface area (Å²) in [7, 11) is 1.95. The molecule has 11 heteroatoms. The number of anilines is 2. The zero-order valence-electron chi connectivity index (χ0n) is 22.0. The highest BCUT2D eigenvalue weighted by atomic mass is 16.5. The van der Waals surface area contributed by atoms with E-state index in [4.69, 9.17) is 19.6 Å². The van der Waals surface area contributed by atoms with E-state index >= 15 is 0 Å². The van der Waals surface area contributed by atoms with Crippen molar-refractivity contribution in [2.24, 2.45) is 7.05 Å². The molecule has 1 aliphatic carbocycles. The molecule has 1 N–H and O–H groups in total. The molecule has 0 bridgehead atoms. The summed E-state index contributed by atoms with van der Waals surface area (Å²) in [5.41, 5.74) is 3.41. The molecule has 2 fully saturated rings. The normalized spacial score (nSPS) is 18.1. The Hall–Kier alpha value is -3.99. The lowest BCUT2D eigenvalue weighted by molar-refractivity contribution is 0.183. The molecule has 0 spiro atoms. The van der Waals surface area contributed by atoms with Crippen LogP contribution >= 0.6 is 0 Å². The van der Waals surface area contributed by atoms with E-state index in [1.54, 1.807) is 12.4 Å². The monoisotopic (exact) mass is 513 g/mol. The first-order valence-corrected chi connectivity index (χ1v) is 13.1. The molecule has 6 heterocycles. The lowest BCUT2D eigenvalue weighted by Crippen LogP contribution is -2.22. The number of fused-ring (bicyclic) bond motifs is 2. The van der Waals surface area contributed by atoms with E-state index in [1.165, 1.54) is 12.8 Å². The molecule has 1 unspecified atom stereocenters. The number of ether oxygens (including phenoxy) is 2. The summed E-state index contributed by atoms with van der Waals surface area (Å²) >= 11 is 0. The summed E-state index contributed by atoms with van der Waals surface area (Å²) in [6.07, 6.45) is 10.5. The van der Waals surface area contributed by atoms with Crippen LogP contribution in [-0.4, -0.2) is 51.9 Å². The quantitative estimate of drug-likeness (QED) is 0.342. The highest BCUT2D eigenvalue weighted by molar-refractivity contribution is 5.77. The van der Waals surface area contributed by atoms with Gasteiger partial charge in [0.2, 0.25) is 5.95 Å². The summed E-state index contributed by atoms with van der Waals surface area (Å²) in [4.78, 5) is 18.3. The predicted octanol–water partition coefficient (Wildman–Crippen LogP) is 4.88. The van der Waals surface area contributed by atoms with Crippen molar-refractivity contribution in [3.8, 4) is 11.5 Å². The summed E-state index contributed by atoms with van der Waals surface area (Å²) in [6, 6.07) is 4.29. The third-order valence-electron chi connectivity index (χ3n) is 7.27. The van der Waals surface area contributed by atoms with Gasteiger partial charge in [-0.1, -0.05) is 20.8 Å². The molecule has 38 heavy (non-hydrogen) atoms. The molecule has 1 atom stereocenters. The number of aromatic nitrogens is 8.